The second kappa shape index (κ2) is 7.19. The largest absolute Gasteiger partial charge is 0.439 e. The molecule has 1 atom stereocenters. The third kappa shape index (κ3) is 4.26. The van der Waals surface area contributed by atoms with E-state index in [9.17, 15) is 9.18 Å². The van der Waals surface area contributed by atoms with Gasteiger partial charge >= 0.3 is 0 Å². The van der Waals surface area contributed by atoms with E-state index in [1.165, 1.54) is 12.1 Å². The summed E-state index contributed by atoms with van der Waals surface area (Å²) >= 11 is 0. The summed E-state index contributed by atoms with van der Waals surface area (Å²) in [5.74, 6) is 0.430. The molecule has 1 aromatic carbocycles. The molecule has 2 heterocycles. The second-order valence-electron chi connectivity index (χ2n) is 5.43. The summed E-state index contributed by atoms with van der Waals surface area (Å²) in [4.78, 5) is 16.1. The van der Waals surface area contributed by atoms with Crippen LogP contribution in [0.2, 0.25) is 0 Å². The number of hydrogen-bond donors (Lipinski definition) is 2. The van der Waals surface area contributed by atoms with Gasteiger partial charge in [0.2, 0.25) is 11.8 Å². The maximum atomic E-state index is 13.1. The summed E-state index contributed by atoms with van der Waals surface area (Å²) in [6.07, 6.45) is 3.55. The van der Waals surface area contributed by atoms with Crippen molar-refractivity contribution in [2.45, 2.75) is 25.4 Å². The molecule has 0 aliphatic carbocycles. The van der Waals surface area contributed by atoms with Crippen LogP contribution in [-0.2, 0) is 11.3 Å². The quantitative estimate of drug-likeness (QED) is 0.889. The fraction of sp³-hybridized carbons (Fsp3) is 0.294. The van der Waals surface area contributed by atoms with Crippen LogP contribution in [0.5, 0.6) is 11.6 Å². The standard InChI is InChI=1S/C17H18FN3O2/c18-13-3-1-4-14(9-13)23-16-7-6-12(10-20-16)11-21-17(22)15-5-2-8-19-15/h1,3-4,6-7,9-10,15,19H,2,5,8,11H2,(H,21,22). The van der Waals surface area contributed by atoms with Crippen LogP contribution in [0.1, 0.15) is 18.4 Å². The average Bonchev–Trinajstić information content (AvgIpc) is 3.08. The molecule has 6 heteroatoms. The third-order valence-electron chi connectivity index (χ3n) is 3.66. The van der Waals surface area contributed by atoms with Crippen LogP contribution in [0.3, 0.4) is 0 Å². The Labute approximate surface area is 133 Å². The van der Waals surface area contributed by atoms with Gasteiger partial charge in [-0.2, -0.15) is 0 Å². The van der Waals surface area contributed by atoms with Gasteiger partial charge in [-0.05, 0) is 37.1 Å². The molecule has 0 radical (unpaired) electrons. The van der Waals surface area contributed by atoms with E-state index < -0.39 is 0 Å². The van der Waals surface area contributed by atoms with Gasteiger partial charge in [-0.1, -0.05) is 12.1 Å². The first-order chi connectivity index (χ1) is 11.2. The Morgan fingerprint density at radius 1 is 1.39 bits per heavy atom. The maximum absolute atomic E-state index is 13.1. The first-order valence-electron chi connectivity index (χ1n) is 7.60. The Kier molecular flexibility index (Phi) is 4.83. The molecular weight excluding hydrogens is 297 g/mol. The highest BCUT2D eigenvalue weighted by atomic mass is 19.1. The SMILES string of the molecule is O=C(NCc1ccc(Oc2cccc(F)c2)nc1)C1CCCN1. The Balaban J connectivity index is 1.53. The van der Waals surface area contributed by atoms with Crippen molar-refractivity contribution >= 4 is 5.91 Å². The van der Waals surface area contributed by atoms with Crippen LogP contribution in [0.25, 0.3) is 0 Å². The number of benzene rings is 1. The smallest absolute Gasteiger partial charge is 0.237 e. The van der Waals surface area contributed by atoms with Crippen molar-refractivity contribution in [3.63, 3.8) is 0 Å². The molecule has 3 rings (SSSR count). The molecule has 0 spiro atoms. The van der Waals surface area contributed by atoms with Crippen LogP contribution in [0.4, 0.5) is 4.39 Å². The van der Waals surface area contributed by atoms with Crippen molar-refractivity contribution in [3.8, 4) is 11.6 Å². The van der Waals surface area contributed by atoms with Crippen LogP contribution in [0.15, 0.2) is 42.6 Å². The molecule has 5 nitrogen and oxygen atoms in total. The van der Waals surface area contributed by atoms with Gasteiger partial charge in [0.15, 0.2) is 0 Å². The molecule has 23 heavy (non-hydrogen) atoms. The molecule has 1 amide bonds. The first-order valence-corrected chi connectivity index (χ1v) is 7.60. The van der Waals surface area contributed by atoms with Gasteiger partial charge in [0.25, 0.3) is 0 Å². The van der Waals surface area contributed by atoms with Gasteiger partial charge in [-0.3, -0.25) is 4.79 Å². The lowest BCUT2D eigenvalue weighted by atomic mass is 10.2. The molecule has 1 aliphatic heterocycles. The highest BCUT2D eigenvalue weighted by Crippen LogP contribution is 2.20. The summed E-state index contributed by atoms with van der Waals surface area (Å²) < 4.78 is 18.6. The van der Waals surface area contributed by atoms with E-state index >= 15 is 0 Å². The number of rotatable bonds is 5. The van der Waals surface area contributed by atoms with E-state index in [1.54, 1.807) is 24.4 Å². The van der Waals surface area contributed by atoms with Gasteiger partial charge in [0.1, 0.15) is 11.6 Å². The fourth-order valence-corrected chi connectivity index (χ4v) is 2.45. The Morgan fingerprint density at radius 3 is 3.00 bits per heavy atom. The number of ether oxygens (including phenoxy) is 1. The number of nitrogens with one attached hydrogen (secondary N) is 2. The number of pyridine rings is 1. The molecule has 1 saturated heterocycles. The van der Waals surface area contributed by atoms with Gasteiger partial charge < -0.3 is 15.4 Å². The van der Waals surface area contributed by atoms with Crippen LogP contribution in [-0.4, -0.2) is 23.5 Å². The lowest BCUT2D eigenvalue weighted by Crippen LogP contribution is -2.40. The molecule has 2 N–H and O–H groups in total. The molecule has 120 valence electrons. The molecular formula is C17H18FN3O2. The summed E-state index contributed by atoms with van der Waals surface area (Å²) in [5, 5.41) is 6.04. The number of nitrogens with zero attached hydrogens (tertiary/aromatic N) is 1. The van der Waals surface area contributed by atoms with Gasteiger partial charge in [-0.15, -0.1) is 0 Å². The zero-order chi connectivity index (χ0) is 16.1. The van der Waals surface area contributed by atoms with E-state index in [0.29, 0.717) is 18.2 Å². The van der Waals surface area contributed by atoms with E-state index in [1.807, 2.05) is 6.07 Å². The number of halogens is 1. The number of carbonyl (C=O) groups excluding carboxylic acids is 1. The number of carbonyl (C=O) groups is 1. The fourth-order valence-electron chi connectivity index (χ4n) is 2.45. The van der Waals surface area contributed by atoms with Crippen molar-refractivity contribution in [3.05, 3.63) is 54.0 Å². The topological polar surface area (TPSA) is 63.2 Å². The van der Waals surface area contributed by atoms with Crippen molar-refractivity contribution < 1.29 is 13.9 Å². The van der Waals surface area contributed by atoms with Crippen LogP contribution in [0, 0.1) is 5.82 Å². The van der Waals surface area contributed by atoms with E-state index in [2.05, 4.69) is 15.6 Å². The van der Waals surface area contributed by atoms with Crippen molar-refractivity contribution in [2.75, 3.05) is 6.54 Å². The molecule has 2 aromatic rings. The van der Waals surface area contributed by atoms with Crippen molar-refractivity contribution in [1.29, 1.82) is 0 Å². The number of amides is 1. The summed E-state index contributed by atoms with van der Waals surface area (Å²) in [6, 6.07) is 9.32. The predicted molar refractivity (Wildman–Crippen MR) is 83.6 cm³/mol. The molecule has 1 fully saturated rings. The van der Waals surface area contributed by atoms with Gasteiger partial charge in [0, 0.05) is 24.9 Å². The second-order valence-corrected chi connectivity index (χ2v) is 5.43. The summed E-state index contributed by atoms with van der Waals surface area (Å²) in [7, 11) is 0. The highest BCUT2D eigenvalue weighted by Gasteiger charge is 2.21. The number of aromatic nitrogens is 1. The monoisotopic (exact) mass is 315 g/mol. The average molecular weight is 315 g/mol. The van der Waals surface area contributed by atoms with Crippen molar-refractivity contribution in [2.24, 2.45) is 0 Å². The Bertz CT molecular complexity index is 670. The van der Waals surface area contributed by atoms with Gasteiger partial charge in [0.05, 0.1) is 6.04 Å². The minimum Gasteiger partial charge on any atom is -0.439 e. The summed E-state index contributed by atoms with van der Waals surface area (Å²) in [6.45, 7) is 1.32. The van der Waals surface area contributed by atoms with E-state index in [4.69, 9.17) is 4.74 Å². The lowest BCUT2D eigenvalue weighted by Gasteiger charge is -2.11. The zero-order valence-corrected chi connectivity index (χ0v) is 12.6. The van der Waals surface area contributed by atoms with Gasteiger partial charge in [-0.25, -0.2) is 9.37 Å². The number of hydrogen-bond acceptors (Lipinski definition) is 4. The predicted octanol–water partition coefficient (Wildman–Crippen LogP) is 2.38. The van der Waals surface area contributed by atoms with Crippen LogP contribution < -0.4 is 15.4 Å². The lowest BCUT2D eigenvalue weighted by molar-refractivity contribution is -0.122. The first kappa shape index (κ1) is 15.4. The molecule has 1 aliphatic rings. The normalized spacial score (nSPS) is 17.0. The van der Waals surface area contributed by atoms with E-state index in [0.717, 1.165) is 24.9 Å². The Morgan fingerprint density at radius 2 is 2.30 bits per heavy atom. The van der Waals surface area contributed by atoms with Crippen molar-refractivity contribution in [1.82, 2.24) is 15.6 Å². The molecule has 0 bridgehead atoms. The minimum absolute atomic E-state index is 0.0163. The van der Waals surface area contributed by atoms with E-state index in [-0.39, 0.29) is 17.8 Å². The maximum Gasteiger partial charge on any atom is 0.237 e. The molecule has 1 aromatic heterocycles. The minimum atomic E-state index is -0.359. The van der Waals surface area contributed by atoms with Crippen LogP contribution >= 0.6 is 0 Å². The zero-order valence-electron chi connectivity index (χ0n) is 12.6. The molecule has 0 saturated carbocycles. The Hall–Kier alpha value is -2.47. The summed E-state index contributed by atoms with van der Waals surface area (Å²) in [5.41, 5.74) is 0.878. The highest BCUT2D eigenvalue weighted by molar-refractivity contribution is 5.81. The third-order valence-corrected chi connectivity index (χ3v) is 3.66. The molecule has 1 unspecified atom stereocenters.